The number of nitrogens with zero attached hydrogens (tertiary/aromatic N) is 6. The molecule has 0 spiro atoms. The number of anilines is 1. The lowest BCUT2D eigenvalue weighted by atomic mass is 10.1. The molecule has 3 amide bonds. The van der Waals surface area contributed by atoms with Crippen molar-refractivity contribution in [1.82, 2.24) is 34.4 Å². The molecule has 1 aromatic carbocycles. The van der Waals surface area contributed by atoms with Crippen LogP contribution in [0.5, 0.6) is 0 Å². The monoisotopic (exact) mass is 634 g/mol. The van der Waals surface area contributed by atoms with Crippen LogP contribution in [0, 0.1) is 0 Å². The van der Waals surface area contributed by atoms with Crippen LogP contribution < -0.4 is 10.6 Å². The van der Waals surface area contributed by atoms with Crippen LogP contribution in [0.3, 0.4) is 0 Å². The lowest BCUT2D eigenvalue weighted by molar-refractivity contribution is -0.141. The zero-order valence-corrected chi connectivity index (χ0v) is 24.4. The first-order valence-corrected chi connectivity index (χ1v) is 14.6. The molecule has 6 rings (SSSR count). The Kier molecular flexibility index (Phi) is 7.88. The molecule has 44 heavy (non-hydrogen) atoms. The predicted molar refractivity (Wildman–Crippen MR) is 152 cm³/mol. The molecule has 1 aliphatic carbocycles. The summed E-state index contributed by atoms with van der Waals surface area (Å²) in [6.07, 6.45) is -0.807. The zero-order valence-electron chi connectivity index (χ0n) is 23.6. The van der Waals surface area contributed by atoms with Gasteiger partial charge in [0, 0.05) is 51.7 Å². The highest BCUT2D eigenvalue weighted by Crippen LogP contribution is 2.41. The van der Waals surface area contributed by atoms with Gasteiger partial charge in [-0.1, -0.05) is 11.6 Å². The van der Waals surface area contributed by atoms with Gasteiger partial charge in [0.15, 0.2) is 11.5 Å². The van der Waals surface area contributed by atoms with Gasteiger partial charge in [-0.05, 0) is 37.5 Å². The summed E-state index contributed by atoms with van der Waals surface area (Å²) in [5.41, 5.74) is -0.627. The average molecular weight is 635 g/mol. The summed E-state index contributed by atoms with van der Waals surface area (Å²) in [6, 6.07) is 3.90. The Morgan fingerprint density at radius 3 is 2.43 bits per heavy atom. The Hall–Kier alpha value is -3.95. The molecule has 234 valence electrons. The quantitative estimate of drug-likeness (QED) is 0.379. The lowest BCUT2D eigenvalue weighted by Crippen LogP contribution is -2.54. The van der Waals surface area contributed by atoms with E-state index in [1.165, 1.54) is 46.9 Å². The van der Waals surface area contributed by atoms with E-state index in [1.807, 2.05) is 0 Å². The molecule has 0 bridgehead atoms. The Balaban J connectivity index is 1.10. The third kappa shape index (κ3) is 5.90. The number of halogens is 4. The fraction of sp³-hybridized carbons (Fsp3) is 0.464. The molecule has 0 unspecified atom stereocenters. The highest BCUT2D eigenvalue weighted by molar-refractivity contribution is 6.34. The van der Waals surface area contributed by atoms with Crippen molar-refractivity contribution >= 4 is 35.0 Å². The van der Waals surface area contributed by atoms with Gasteiger partial charge in [-0.25, -0.2) is 4.98 Å². The van der Waals surface area contributed by atoms with Gasteiger partial charge in [0.25, 0.3) is 11.8 Å². The summed E-state index contributed by atoms with van der Waals surface area (Å²) in [6.45, 7) is 1.70. The van der Waals surface area contributed by atoms with Gasteiger partial charge in [0.1, 0.15) is 0 Å². The number of benzene rings is 1. The van der Waals surface area contributed by atoms with Crippen LogP contribution >= 0.6 is 11.6 Å². The number of piperazine rings is 1. The van der Waals surface area contributed by atoms with Crippen LogP contribution in [-0.4, -0.2) is 96.8 Å². The summed E-state index contributed by atoms with van der Waals surface area (Å²) in [5, 5.41) is 19.2. The zero-order chi connectivity index (χ0) is 31.3. The van der Waals surface area contributed by atoms with Gasteiger partial charge in [0.05, 0.1) is 46.2 Å². The van der Waals surface area contributed by atoms with E-state index in [9.17, 15) is 32.7 Å². The van der Waals surface area contributed by atoms with E-state index < -0.39 is 29.9 Å². The van der Waals surface area contributed by atoms with E-state index in [1.54, 1.807) is 9.80 Å². The van der Waals surface area contributed by atoms with Crippen molar-refractivity contribution in [1.29, 1.82) is 0 Å². The number of carbonyl (C=O) groups excluding carboxylic acids is 3. The molecule has 2 aliphatic heterocycles. The van der Waals surface area contributed by atoms with Crippen molar-refractivity contribution in [3.8, 4) is 11.3 Å². The number of aliphatic hydroxyl groups excluding tert-OH is 1. The number of rotatable bonds is 6. The van der Waals surface area contributed by atoms with Crippen LogP contribution in [0.15, 0.2) is 30.6 Å². The van der Waals surface area contributed by atoms with Crippen LogP contribution in [0.2, 0.25) is 5.02 Å². The van der Waals surface area contributed by atoms with Crippen molar-refractivity contribution < 1.29 is 32.7 Å². The minimum atomic E-state index is -4.68. The number of nitrogens with one attached hydrogen (secondary N) is 2. The normalized spacial score (nSPS) is 20.7. The highest BCUT2D eigenvalue weighted by Gasteiger charge is 2.40. The van der Waals surface area contributed by atoms with Crippen molar-refractivity contribution in [3.05, 3.63) is 52.7 Å². The predicted octanol–water partition coefficient (Wildman–Crippen LogP) is 2.55. The number of amides is 3. The summed E-state index contributed by atoms with van der Waals surface area (Å²) >= 11 is 6.43. The van der Waals surface area contributed by atoms with Gasteiger partial charge in [-0.15, -0.1) is 0 Å². The standard InChI is InChI=1S/C28H30ClF3N8O4/c1-37-22(19-14-40(16-3-4-16)36-23(19)28(30,31)32)13-34-24(37)25(42)35-15-2-5-18(20(29)10-15)26(43)38-6-8-39(9-7-38)27(44)21-11-17(41)12-33-21/h2,5,10,13-14,16-17,21,33,41H,3-4,6-9,11-12H2,1H3,(H,35,42)/t17-,21+/m1/s1. The SMILES string of the molecule is Cn1c(-c2cn(C3CC3)nc2C(F)(F)F)cnc1C(=O)Nc1ccc(C(=O)N2CCN(C(=O)[C@@H]3C[C@@H](O)CN3)CC2)c(Cl)c1. The van der Waals surface area contributed by atoms with Crippen LogP contribution in [0.1, 0.15) is 52.0 Å². The lowest BCUT2D eigenvalue weighted by Gasteiger charge is -2.36. The van der Waals surface area contributed by atoms with E-state index in [0.717, 1.165) is 12.8 Å². The highest BCUT2D eigenvalue weighted by atomic mass is 35.5. The van der Waals surface area contributed by atoms with Crippen molar-refractivity contribution in [3.63, 3.8) is 0 Å². The van der Waals surface area contributed by atoms with Crippen LogP contribution in [0.4, 0.5) is 18.9 Å². The van der Waals surface area contributed by atoms with Gasteiger partial charge in [-0.3, -0.25) is 19.1 Å². The first-order chi connectivity index (χ1) is 20.9. The smallest absolute Gasteiger partial charge is 0.392 e. The molecule has 1 saturated carbocycles. The maximum absolute atomic E-state index is 13.7. The maximum atomic E-state index is 13.7. The number of carbonyl (C=O) groups is 3. The number of β-amino-alcohol motifs (C(OH)–C–C–N with tert-alkyl or cyclic N) is 1. The van der Waals surface area contributed by atoms with Crippen molar-refractivity contribution in [2.45, 2.75) is 43.6 Å². The van der Waals surface area contributed by atoms with Gasteiger partial charge in [-0.2, -0.15) is 18.3 Å². The average Bonchev–Trinajstić information content (AvgIpc) is 3.38. The third-order valence-corrected chi connectivity index (χ3v) is 8.44. The molecule has 2 aromatic heterocycles. The molecular formula is C28H30ClF3N8O4. The first kappa shape index (κ1) is 30.1. The molecule has 3 aromatic rings. The van der Waals surface area contributed by atoms with Crippen molar-refractivity contribution in [2.75, 3.05) is 38.0 Å². The Bertz CT molecular complexity index is 1610. The van der Waals surface area contributed by atoms with Gasteiger partial charge in [0.2, 0.25) is 5.91 Å². The number of hydrogen-bond acceptors (Lipinski definition) is 7. The number of alkyl halides is 3. The summed E-state index contributed by atoms with van der Waals surface area (Å²) < 4.78 is 43.8. The van der Waals surface area contributed by atoms with Crippen molar-refractivity contribution in [2.24, 2.45) is 7.05 Å². The largest absolute Gasteiger partial charge is 0.435 e. The van der Waals surface area contributed by atoms with E-state index in [0.29, 0.717) is 39.1 Å². The van der Waals surface area contributed by atoms with Gasteiger partial charge >= 0.3 is 6.18 Å². The molecule has 3 fully saturated rings. The molecule has 2 saturated heterocycles. The second kappa shape index (κ2) is 11.5. The second-order valence-corrected chi connectivity index (χ2v) is 11.7. The van der Waals surface area contributed by atoms with E-state index in [-0.39, 0.29) is 51.2 Å². The molecule has 3 N–H and O–H groups in total. The molecule has 0 radical (unpaired) electrons. The fourth-order valence-electron chi connectivity index (χ4n) is 5.56. The van der Waals surface area contributed by atoms with E-state index in [2.05, 4.69) is 20.7 Å². The Labute approximate surface area is 254 Å². The van der Waals surface area contributed by atoms with Gasteiger partial charge < -0.3 is 30.1 Å². The third-order valence-electron chi connectivity index (χ3n) is 8.13. The Morgan fingerprint density at radius 2 is 1.82 bits per heavy atom. The minimum absolute atomic E-state index is 0.0655. The minimum Gasteiger partial charge on any atom is -0.392 e. The fourth-order valence-corrected chi connectivity index (χ4v) is 5.83. The summed E-state index contributed by atoms with van der Waals surface area (Å²) in [4.78, 5) is 46.3. The molecule has 2 atom stereocenters. The molecule has 16 heteroatoms. The van der Waals surface area contributed by atoms with Crippen LogP contribution in [0.25, 0.3) is 11.3 Å². The maximum Gasteiger partial charge on any atom is 0.435 e. The van der Waals surface area contributed by atoms with E-state index >= 15 is 0 Å². The number of hydrogen-bond donors (Lipinski definition) is 3. The Morgan fingerprint density at radius 1 is 1.11 bits per heavy atom. The number of imidazole rings is 1. The number of aliphatic hydroxyl groups is 1. The molecule has 4 heterocycles. The molecule has 3 aliphatic rings. The van der Waals surface area contributed by atoms with Crippen LogP contribution in [-0.2, 0) is 18.0 Å². The molecule has 12 nitrogen and oxygen atoms in total. The topological polar surface area (TPSA) is 138 Å². The summed E-state index contributed by atoms with van der Waals surface area (Å²) in [5.74, 6) is -1.23. The molecular weight excluding hydrogens is 605 g/mol. The first-order valence-electron chi connectivity index (χ1n) is 14.2. The second-order valence-electron chi connectivity index (χ2n) is 11.2. The van der Waals surface area contributed by atoms with E-state index in [4.69, 9.17) is 11.6 Å². The number of aromatic nitrogens is 4. The summed E-state index contributed by atoms with van der Waals surface area (Å²) in [7, 11) is 1.45.